The fourth-order valence-electron chi connectivity index (χ4n) is 3.48. The Labute approximate surface area is 220 Å². The standard InChI is InChI=1S/C25H15BrClF5N2O3/c1-11-15(25(35)34(33-11)23-21(31)19(29)18(28)20(30)22(23)32)7-13-8-16(26)24(17(9-13)36-2)37-10-12-3-5-14(27)6-4-12/h3-9H,10H2,1-2H3/b15-7+. The van der Waals surface area contributed by atoms with E-state index in [0.29, 0.717) is 26.6 Å². The van der Waals surface area contributed by atoms with Crippen molar-refractivity contribution >= 4 is 50.9 Å². The molecular formula is C25H15BrClF5N2O3. The van der Waals surface area contributed by atoms with Crippen LogP contribution in [0.15, 0.2) is 51.5 Å². The van der Waals surface area contributed by atoms with Gasteiger partial charge < -0.3 is 9.47 Å². The Morgan fingerprint density at radius 3 is 2.19 bits per heavy atom. The number of amides is 1. The Morgan fingerprint density at radius 2 is 1.59 bits per heavy atom. The zero-order chi connectivity index (χ0) is 27.0. The highest BCUT2D eigenvalue weighted by Gasteiger charge is 2.37. The minimum Gasteiger partial charge on any atom is -0.493 e. The van der Waals surface area contributed by atoms with E-state index in [1.54, 1.807) is 30.3 Å². The minimum atomic E-state index is -2.34. The number of hydrazone groups is 1. The van der Waals surface area contributed by atoms with Crippen LogP contribution in [0.25, 0.3) is 6.08 Å². The fourth-order valence-corrected chi connectivity index (χ4v) is 4.18. The lowest BCUT2D eigenvalue weighted by Gasteiger charge is -2.15. The van der Waals surface area contributed by atoms with Crippen molar-refractivity contribution in [3.63, 3.8) is 0 Å². The summed E-state index contributed by atoms with van der Waals surface area (Å²) >= 11 is 9.29. The largest absolute Gasteiger partial charge is 0.493 e. The summed E-state index contributed by atoms with van der Waals surface area (Å²) in [7, 11) is 1.41. The summed E-state index contributed by atoms with van der Waals surface area (Å²) in [4.78, 5) is 12.9. The Balaban J connectivity index is 1.65. The number of rotatable bonds is 6. The second kappa shape index (κ2) is 10.5. The van der Waals surface area contributed by atoms with Crippen molar-refractivity contribution < 1.29 is 36.2 Å². The summed E-state index contributed by atoms with van der Waals surface area (Å²) in [5, 5.41) is 4.45. The van der Waals surface area contributed by atoms with Crippen LogP contribution in [0.2, 0.25) is 5.02 Å². The van der Waals surface area contributed by atoms with E-state index in [4.69, 9.17) is 21.1 Å². The molecule has 0 radical (unpaired) electrons. The zero-order valence-electron chi connectivity index (χ0n) is 19.0. The predicted molar refractivity (Wildman–Crippen MR) is 131 cm³/mol. The van der Waals surface area contributed by atoms with E-state index in [1.165, 1.54) is 26.2 Å². The Hall–Kier alpha value is -3.44. The van der Waals surface area contributed by atoms with Crippen LogP contribution in [-0.4, -0.2) is 18.7 Å². The van der Waals surface area contributed by atoms with Gasteiger partial charge in [0.15, 0.2) is 34.8 Å². The molecule has 192 valence electrons. The van der Waals surface area contributed by atoms with Crippen LogP contribution in [0.1, 0.15) is 18.1 Å². The van der Waals surface area contributed by atoms with Crippen LogP contribution >= 0.6 is 27.5 Å². The molecule has 3 aromatic rings. The normalized spacial score (nSPS) is 14.4. The number of hydrogen-bond acceptors (Lipinski definition) is 4. The van der Waals surface area contributed by atoms with Crippen molar-refractivity contribution in [2.75, 3.05) is 12.1 Å². The SMILES string of the molecule is COc1cc(/C=C2/C(=O)N(c3c(F)c(F)c(F)c(F)c3F)N=C2C)cc(Br)c1OCc1ccc(Cl)cc1. The second-order valence-electron chi connectivity index (χ2n) is 7.73. The molecule has 0 fully saturated rings. The van der Waals surface area contributed by atoms with E-state index in [2.05, 4.69) is 21.0 Å². The molecule has 0 bridgehead atoms. The number of carbonyl (C=O) groups is 1. The maximum absolute atomic E-state index is 14.3. The first-order valence-electron chi connectivity index (χ1n) is 10.4. The van der Waals surface area contributed by atoms with Gasteiger partial charge in [-0.1, -0.05) is 23.7 Å². The van der Waals surface area contributed by atoms with Crippen LogP contribution in [0.5, 0.6) is 11.5 Å². The fraction of sp³-hybridized carbons (Fsp3) is 0.120. The van der Waals surface area contributed by atoms with Gasteiger partial charge in [-0.2, -0.15) is 10.1 Å². The van der Waals surface area contributed by atoms with Crippen molar-refractivity contribution in [3.05, 3.63) is 91.7 Å². The zero-order valence-corrected chi connectivity index (χ0v) is 21.4. The van der Waals surface area contributed by atoms with Crippen LogP contribution in [0.3, 0.4) is 0 Å². The number of carbonyl (C=O) groups excluding carboxylic acids is 1. The Bertz CT molecular complexity index is 1450. The molecule has 3 aromatic carbocycles. The predicted octanol–water partition coefficient (Wildman–Crippen LogP) is 7.19. The maximum Gasteiger partial charge on any atom is 0.280 e. The summed E-state index contributed by atoms with van der Waals surface area (Å²) in [6.45, 7) is 1.55. The van der Waals surface area contributed by atoms with E-state index < -0.39 is 40.7 Å². The molecule has 5 nitrogen and oxygen atoms in total. The lowest BCUT2D eigenvalue weighted by molar-refractivity contribution is -0.114. The molecule has 0 unspecified atom stereocenters. The average Bonchev–Trinajstić information content (AvgIpc) is 3.14. The van der Waals surface area contributed by atoms with Crippen LogP contribution < -0.4 is 14.5 Å². The molecule has 37 heavy (non-hydrogen) atoms. The summed E-state index contributed by atoms with van der Waals surface area (Å²) < 4.78 is 81.1. The molecule has 0 aromatic heterocycles. The highest BCUT2D eigenvalue weighted by Crippen LogP contribution is 2.39. The molecule has 0 aliphatic carbocycles. The van der Waals surface area contributed by atoms with Crippen molar-refractivity contribution in [3.8, 4) is 11.5 Å². The molecule has 12 heteroatoms. The third-order valence-electron chi connectivity index (χ3n) is 5.32. The van der Waals surface area contributed by atoms with Crippen molar-refractivity contribution in [1.29, 1.82) is 0 Å². The highest BCUT2D eigenvalue weighted by atomic mass is 79.9. The summed E-state index contributed by atoms with van der Waals surface area (Å²) in [6.07, 6.45) is 1.34. The third kappa shape index (κ3) is 5.05. The van der Waals surface area contributed by atoms with Gasteiger partial charge in [-0.15, -0.1) is 0 Å². The van der Waals surface area contributed by atoms with Gasteiger partial charge in [-0.05, 0) is 64.3 Å². The lowest BCUT2D eigenvalue weighted by Crippen LogP contribution is -2.25. The molecule has 0 saturated carbocycles. The number of halogens is 7. The van der Waals surface area contributed by atoms with Gasteiger partial charge >= 0.3 is 0 Å². The van der Waals surface area contributed by atoms with Crippen molar-refractivity contribution in [2.24, 2.45) is 5.10 Å². The molecule has 1 heterocycles. The van der Waals surface area contributed by atoms with Gasteiger partial charge in [0, 0.05) is 5.02 Å². The smallest absolute Gasteiger partial charge is 0.280 e. The number of methoxy groups -OCH3 is 1. The van der Waals surface area contributed by atoms with E-state index >= 15 is 0 Å². The minimum absolute atomic E-state index is 0.00732. The van der Waals surface area contributed by atoms with E-state index in [9.17, 15) is 26.7 Å². The van der Waals surface area contributed by atoms with Crippen molar-refractivity contribution in [1.82, 2.24) is 0 Å². The molecule has 0 spiro atoms. The number of nitrogens with zero attached hydrogens (tertiary/aromatic N) is 2. The summed E-state index contributed by atoms with van der Waals surface area (Å²) in [5.41, 5.74) is -0.352. The van der Waals surface area contributed by atoms with Gasteiger partial charge in [0.2, 0.25) is 5.82 Å². The first kappa shape index (κ1) is 26.6. The molecule has 1 amide bonds. The topological polar surface area (TPSA) is 51.1 Å². The molecule has 0 atom stereocenters. The molecule has 0 N–H and O–H groups in total. The van der Waals surface area contributed by atoms with Gasteiger partial charge in [0.1, 0.15) is 12.3 Å². The quantitative estimate of drug-likeness (QED) is 0.130. The maximum atomic E-state index is 14.3. The van der Waals surface area contributed by atoms with E-state index in [1.807, 2.05) is 0 Å². The molecule has 1 aliphatic rings. The van der Waals surface area contributed by atoms with Crippen LogP contribution in [0.4, 0.5) is 27.6 Å². The van der Waals surface area contributed by atoms with Crippen LogP contribution in [-0.2, 0) is 11.4 Å². The first-order chi connectivity index (χ1) is 17.5. The van der Waals surface area contributed by atoms with Gasteiger partial charge in [0.25, 0.3) is 5.91 Å². The average molecular weight is 602 g/mol. The Morgan fingerprint density at radius 1 is 1.00 bits per heavy atom. The second-order valence-corrected chi connectivity index (χ2v) is 9.02. The molecule has 1 aliphatic heterocycles. The number of ether oxygens (including phenoxy) is 2. The highest BCUT2D eigenvalue weighted by molar-refractivity contribution is 9.10. The lowest BCUT2D eigenvalue weighted by atomic mass is 10.1. The number of benzene rings is 3. The van der Waals surface area contributed by atoms with E-state index in [0.717, 1.165) is 5.56 Å². The summed E-state index contributed by atoms with van der Waals surface area (Å²) in [6, 6.07) is 10.2. The van der Waals surface area contributed by atoms with Gasteiger partial charge in [-0.25, -0.2) is 22.0 Å². The molecule has 4 rings (SSSR count). The van der Waals surface area contributed by atoms with Crippen LogP contribution in [0, 0.1) is 29.1 Å². The van der Waals surface area contributed by atoms with Gasteiger partial charge in [-0.3, -0.25) is 4.79 Å². The van der Waals surface area contributed by atoms with E-state index in [-0.39, 0.29) is 22.9 Å². The third-order valence-corrected chi connectivity index (χ3v) is 6.16. The summed E-state index contributed by atoms with van der Waals surface area (Å²) in [5.74, 6) is -11.5. The molecule has 0 saturated heterocycles. The molecular weight excluding hydrogens is 587 g/mol. The number of hydrogen-bond donors (Lipinski definition) is 0. The number of anilines is 1. The van der Waals surface area contributed by atoms with Gasteiger partial charge in [0.05, 0.1) is 22.9 Å². The Kier molecular flexibility index (Phi) is 7.56. The monoisotopic (exact) mass is 600 g/mol. The van der Waals surface area contributed by atoms with Crippen molar-refractivity contribution in [2.45, 2.75) is 13.5 Å². The first-order valence-corrected chi connectivity index (χ1v) is 11.6.